The summed E-state index contributed by atoms with van der Waals surface area (Å²) in [6, 6.07) is 13.0. The Labute approximate surface area is 153 Å². The number of pyridine rings is 1. The highest BCUT2D eigenvalue weighted by atomic mass is 32.2. The van der Waals surface area contributed by atoms with E-state index in [1.54, 1.807) is 11.9 Å². The number of hydrogen-bond acceptors (Lipinski definition) is 4. The molecule has 1 aromatic heterocycles. The van der Waals surface area contributed by atoms with Crippen LogP contribution in [0.4, 0.5) is 0 Å². The zero-order valence-electron chi connectivity index (χ0n) is 14.6. The third-order valence-corrected chi connectivity index (χ3v) is 5.11. The normalized spacial score (nSPS) is 16.7. The number of nitrogens with zero attached hydrogens (tertiary/aromatic N) is 3. The molecule has 1 aromatic carbocycles. The molecular formula is C21H21N3S. The summed E-state index contributed by atoms with van der Waals surface area (Å²) >= 11 is 1.65. The molecule has 2 aliphatic rings. The van der Waals surface area contributed by atoms with Crippen LogP contribution in [0.15, 0.2) is 64.8 Å². The van der Waals surface area contributed by atoms with Gasteiger partial charge in [0.15, 0.2) is 0 Å². The molecular weight excluding hydrogens is 326 g/mol. The van der Waals surface area contributed by atoms with E-state index in [9.17, 15) is 0 Å². The van der Waals surface area contributed by atoms with Gasteiger partial charge in [-0.25, -0.2) is 0 Å². The highest BCUT2D eigenvalue weighted by molar-refractivity contribution is 7.98. The average molecular weight is 347 g/mol. The van der Waals surface area contributed by atoms with Crippen LogP contribution in [0, 0.1) is 6.92 Å². The van der Waals surface area contributed by atoms with Crippen LogP contribution < -0.4 is 0 Å². The highest BCUT2D eigenvalue weighted by Gasteiger charge is 2.22. The van der Waals surface area contributed by atoms with Gasteiger partial charge in [0.2, 0.25) is 0 Å². The van der Waals surface area contributed by atoms with Gasteiger partial charge in [-0.3, -0.25) is 4.98 Å². The summed E-state index contributed by atoms with van der Waals surface area (Å²) in [7, 11) is 0. The molecule has 0 radical (unpaired) electrons. The standard InChI is InChI=1S/C21H21N3S/c1-15-3-8-19(22-13-15)12-17-4-6-18(7-5-17)20-11-16(2)14-24-9-10-25-23-21(20)24/h3-8,11,13-14H,9-10,12H2,1-2H3. The molecule has 0 atom stereocenters. The summed E-state index contributed by atoms with van der Waals surface area (Å²) in [4.78, 5) is 6.77. The van der Waals surface area contributed by atoms with Crippen molar-refractivity contribution in [2.24, 2.45) is 4.40 Å². The zero-order valence-corrected chi connectivity index (χ0v) is 15.4. The number of amidine groups is 1. The van der Waals surface area contributed by atoms with Gasteiger partial charge in [0, 0.05) is 42.4 Å². The summed E-state index contributed by atoms with van der Waals surface area (Å²) in [5.41, 5.74) is 7.29. The summed E-state index contributed by atoms with van der Waals surface area (Å²) in [6.07, 6.45) is 7.22. The maximum Gasteiger partial charge on any atom is 0.148 e. The fourth-order valence-electron chi connectivity index (χ4n) is 3.14. The second kappa shape index (κ2) is 6.89. The van der Waals surface area contributed by atoms with Gasteiger partial charge in [-0.2, -0.15) is 4.40 Å². The van der Waals surface area contributed by atoms with E-state index in [0.717, 1.165) is 30.2 Å². The number of allylic oxidation sites excluding steroid dienone is 2. The van der Waals surface area contributed by atoms with Crippen molar-refractivity contribution in [1.29, 1.82) is 0 Å². The SMILES string of the molecule is CC1=CN2CCSN=C2C(c2ccc(Cc3ccc(C)cn3)cc2)=C1. The Bertz CT molecular complexity index is 861. The average Bonchev–Trinajstić information content (AvgIpc) is 2.63. The van der Waals surface area contributed by atoms with Crippen molar-refractivity contribution in [3.8, 4) is 0 Å². The van der Waals surface area contributed by atoms with Crippen molar-refractivity contribution in [1.82, 2.24) is 9.88 Å². The monoisotopic (exact) mass is 347 g/mol. The lowest BCUT2D eigenvalue weighted by molar-refractivity contribution is 0.589. The molecule has 4 rings (SSSR count). The quantitative estimate of drug-likeness (QED) is 0.757. The Morgan fingerprint density at radius 2 is 1.92 bits per heavy atom. The fraction of sp³-hybridized carbons (Fsp3) is 0.238. The number of rotatable bonds is 3. The van der Waals surface area contributed by atoms with Gasteiger partial charge in [0.1, 0.15) is 5.84 Å². The van der Waals surface area contributed by atoms with Gasteiger partial charge in [0.25, 0.3) is 0 Å². The Hall–Kier alpha value is -2.33. The molecule has 0 spiro atoms. The molecule has 0 fully saturated rings. The molecule has 0 N–H and O–H groups in total. The molecule has 0 aliphatic carbocycles. The van der Waals surface area contributed by atoms with Crippen molar-refractivity contribution >= 4 is 23.4 Å². The second-order valence-electron chi connectivity index (χ2n) is 6.57. The summed E-state index contributed by atoms with van der Waals surface area (Å²) in [5.74, 6) is 2.12. The molecule has 3 heterocycles. The number of aromatic nitrogens is 1. The van der Waals surface area contributed by atoms with Crippen LogP contribution in [0.1, 0.15) is 29.3 Å². The lowest BCUT2D eigenvalue weighted by atomic mass is 9.97. The predicted octanol–water partition coefficient (Wildman–Crippen LogP) is 4.64. The molecule has 0 bridgehead atoms. The van der Waals surface area contributed by atoms with Gasteiger partial charge >= 0.3 is 0 Å². The summed E-state index contributed by atoms with van der Waals surface area (Å²) < 4.78 is 4.68. The molecule has 0 saturated carbocycles. The van der Waals surface area contributed by atoms with Gasteiger partial charge in [-0.05, 0) is 60.2 Å². The largest absolute Gasteiger partial charge is 0.331 e. The van der Waals surface area contributed by atoms with Crippen LogP contribution in [0.3, 0.4) is 0 Å². The van der Waals surface area contributed by atoms with Crippen LogP contribution in [0.25, 0.3) is 5.57 Å². The first-order valence-electron chi connectivity index (χ1n) is 8.57. The van der Waals surface area contributed by atoms with E-state index in [0.29, 0.717) is 0 Å². The van der Waals surface area contributed by atoms with E-state index in [1.165, 1.54) is 27.8 Å². The fourth-order valence-corrected chi connectivity index (χ4v) is 3.83. The van der Waals surface area contributed by atoms with Crippen molar-refractivity contribution in [3.05, 3.63) is 82.8 Å². The third kappa shape index (κ3) is 3.54. The Morgan fingerprint density at radius 3 is 2.68 bits per heavy atom. The van der Waals surface area contributed by atoms with Crippen LogP contribution in [0.2, 0.25) is 0 Å². The summed E-state index contributed by atoms with van der Waals surface area (Å²) in [6.45, 7) is 5.24. The molecule has 3 nitrogen and oxygen atoms in total. The van der Waals surface area contributed by atoms with Crippen LogP contribution >= 0.6 is 11.9 Å². The molecule has 126 valence electrons. The predicted molar refractivity (Wildman–Crippen MR) is 107 cm³/mol. The van der Waals surface area contributed by atoms with Crippen LogP contribution in [-0.2, 0) is 6.42 Å². The van der Waals surface area contributed by atoms with E-state index >= 15 is 0 Å². The minimum absolute atomic E-state index is 0.863. The second-order valence-corrected chi connectivity index (χ2v) is 7.42. The van der Waals surface area contributed by atoms with Gasteiger partial charge in [0.05, 0.1) is 0 Å². The first-order valence-corrected chi connectivity index (χ1v) is 9.51. The third-order valence-electron chi connectivity index (χ3n) is 4.44. The van der Waals surface area contributed by atoms with Crippen LogP contribution in [-0.4, -0.2) is 28.0 Å². The van der Waals surface area contributed by atoms with Gasteiger partial charge in [-0.1, -0.05) is 30.3 Å². The smallest absolute Gasteiger partial charge is 0.148 e. The molecule has 25 heavy (non-hydrogen) atoms. The van der Waals surface area contributed by atoms with Gasteiger partial charge in [-0.15, -0.1) is 0 Å². The molecule has 0 saturated heterocycles. The molecule has 4 heteroatoms. The minimum atomic E-state index is 0.863. The van der Waals surface area contributed by atoms with Crippen molar-refractivity contribution in [2.45, 2.75) is 20.3 Å². The van der Waals surface area contributed by atoms with E-state index in [1.807, 2.05) is 6.20 Å². The van der Waals surface area contributed by atoms with E-state index < -0.39 is 0 Å². The number of aryl methyl sites for hydroxylation is 1. The minimum Gasteiger partial charge on any atom is -0.331 e. The van der Waals surface area contributed by atoms with Crippen molar-refractivity contribution in [3.63, 3.8) is 0 Å². The number of hydrogen-bond donors (Lipinski definition) is 0. The van der Waals surface area contributed by atoms with Crippen molar-refractivity contribution < 1.29 is 0 Å². The van der Waals surface area contributed by atoms with Crippen LogP contribution in [0.5, 0.6) is 0 Å². The molecule has 2 aromatic rings. The lowest BCUT2D eigenvalue weighted by Gasteiger charge is -2.30. The Morgan fingerprint density at radius 1 is 1.08 bits per heavy atom. The maximum atomic E-state index is 4.68. The first kappa shape index (κ1) is 16.2. The van der Waals surface area contributed by atoms with Gasteiger partial charge < -0.3 is 4.90 Å². The molecule has 2 aliphatic heterocycles. The van der Waals surface area contributed by atoms with E-state index in [-0.39, 0.29) is 0 Å². The Kier molecular flexibility index (Phi) is 4.45. The van der Waals surface area contributed by atoms with E-state index in [2.05, 4.69) is 76.8 Å². The number of benzene rings is 1. The van der Waals surface area contributed by atoms with Crippen molar-refractivity contribution in [2.75, 3.05) is 12.3 Å². The van der Waals surface area contributed by atoms with E-state index in [4.69, 9.17) is 0 Å². The Balaban J connectivity index is 1.58. The maximum absolute atomic E-state index is 4.68. The summed E-state index contributed by atoms with van der Waals surface area (Å²) in [5, 5.41) is 0. The topological polar surface area (TPSA) is 28.5 Å². The number of fused-ring (bicyclic) bond motifs is 1. The highest BCUT2D eigenvalue weighted by Crippen LogP contribution is 2.29. The lowest BCUT2D eigenvalue weighted by Crippen LogP contribution is -2.33. The first-order chi connectivity index (χ1) is 12.2. The molecule has 0 unspecified atom stereocenters. The molecule has 0 amide bonds. The zero-order chi connectivity index (χ0) is 17.2.